The number of benzene rings is 1. The van der Waals surface area contributed by atoms with Crippen LogP contribution >= 0.6 is 0 Å². The van der Waals surface area contributed by atoms with Crippen LogP contribution in [0.25, 0.3) is 0 Å². The maximum atomic E-state index is 12.6. The molecule has 1 heterocycles. The lowest BCUT2D eigenvalue weighted by molar-refractivity contribution is -0.141. The highest BCUT2D eigenvalue weighted by Crippen LogP contribution is 2.21. The van der Waals surface area contributed by atoms with Crippen molar-refractivity contribution in [1.29, 1.82) is 0 Å². The summed E-state index contributed by atoms with van der Waals surface area (Å²) in [5.74, 6) is -1.38. The van der Waals surface area contributed by atoms with E-state index in [0.29, 0.717) is 25.9 Å². The normalized spacial score (nSPS) is 16.8. The van der Waals surface area contributed by atoms with Crippen LogP contribution in [0.2, 0.25) is 0 Å². The Labute approximate surface area is 154 Å². The van der Waals surface area contributed by atoms with Gasteiger partial charge in [0, 0.05) is 19.5 Å². The van der Waals surface area contributed by atoms with Crippen molar-refractivity contribution in [3.8, 4) is 0 Å². The fraction of sp³-hybridized carbons (Fsp3) is 0.556. The molecule has 1 aromatic rings. The number of aryl methyl sites for hydroxylation is 1. The van der Waals surface area contributed by atoms with E-state index in [-0.39, 0.29) is 17.2 Å². The second kappa shape index (κ2) is 9.14. The molecule has 0 aliphatic carbocycles. The van der Waals surface area contributed by atoms with E-state index in [9.17, 15) is 18.0 Å². The van der Waals surface area contributed by atoms with Gasteiger partial charge in [-0.2, -0.15) is 4.31 Å². The topological polar surface area (TPSA) is 104 Å². The molecule has 0 saturated carbocycles. The molecule has 1 atom stereocenters. The molecule has 7 nitrogen and oxygen atoms in total. The second-order valence-electron chi connectivity index (χ2n) is 6.48. The Bertz CT molecular complexity index is 724. The zero-order chi connectivity index (χ0) is 19.2. The van der Waals surface area contributed by atoms with E-state index in [1.54, 1.807) is 31.2 Å². The first-order chi connectivity index (χ1) is 12.3. The number of rotatable bonds is 8. The summed E-state index contributed by atoms with van der Waals surface area (Å²) < 4.78 is 26.7. The lowest BCUT2D eigenvalue weighted by Crippen LogP contribution is -2.40. The molecular weight excluding hydrogens is 356 g/mol. The molecule has 144 valence electrons. The van der Waals surface area contributed by atoms with Crippen LogP contribution in [0.5, 0.6) is 0 Å². The van der Waals surface area contributed by atoms with Gasteiger partial charge >= 0.3 is 5.97 Å². The highest BCUT2D eigenvalue weighted by atomic mass is 32.2. The van der Waals surface area contributed by atoms with E-state index in [1.807, 2.05) is 0 Å². The number of carbonyl (C=O) groups excluding carboxylic acids is 1. The van der Waals surface area contributed by atoms with Gasteiger partial charge in [-0.05, 0) is 43.4 Å². The monoisotopic (exact) mass is 382 g/mol. The molecule has 2 rings (SSSR count). The van der Waals surface area contributed by atoms with Gasteiger partial charge in [-0.15, -0.1) is 0 Å². The van der Waals surface area contributed by atoms with Gasteiger partial charge in [0.1, 0.15) is 6.04 Å². The minimum absolute atomic E-state index is 0.155. The number of nitrogens with one attached hydrogen (secondary N) is 1. The van der Waals surface area contributed by atoms with E-state index in [4.69, 9.17) is 5.11 Å². The summed E-state index contributed by atoms with van der Waals surface area (Å²) >= 11 is 0. The van der Waals surface area contributed by atoms with Crippen molar-refractivity contribution >= 4 is 21.9 Å². The number of piperidine rings is 1. The van der Waals surface area contributed by atoms with Crippen LogP contribution in [-0.4, -0.2) is 48.8 Å². The summed E-state index contributed by atoms with van der Waals surface area (Å²) in [6.45, 7) is 2.82. The molecule has 8 heteroatoms. The summed E-state index contributed by atoms with van der Waals surface area (Å²) in [6.07, 6.45) is 3.74. The molecule has 1 amide bonds. The Morgan fingerprint density at radius 1 is 1.15 bits per heavy atom. The van der Waals surface area contributed by atoms with Crippen LogP contribution < -0.4 is 5.32 Å². The maximum Gasteiger partial charge on any atom is 0.326 e. The van der Waals surface area contributed by atoms with Crippen LogP contribution in [-0.2, 0) is 26.0 Å². The third-order valence-electron chi connectivity index (χ3n) is 4.56. The van der Waals surface area contributed by atoms with E-state index < -0.39 is 22.0 Å². The van der Waals surface area contributed by atoms with Crippen LogP contribution in [0, 0.1) is 0 Å². The van der Waals surface area contributed by atoms with Gasteiger partial charge in [0.25, 0.3) is 0 Å². The molecule has 1 aliphatic heterocycles. The van der Waals surface area contributed by atoms with E-state index in [1.165, 1.54) is 4.31 Å². The molecule has 1 aliphatic rings. The summed E-state index contributed by atoms with van der Waals surface area (Å²) in [5.41, 5.74) is 0.834. The fourth-order valence-corrected chi connectivity index (χ4v) is 4.46. The minimum Gasteiger partial charge on any atom is -0.480 e. The van der Waals surface area contributed by atoms with Crippen LogP contribution in [0.1, 0.15) is 44.6 Å². The molecule has 1 aromatic carbocycles. The molecule has 1 unspecified atom stereocenters. The number of amides is 1. The van der Waals surface area contributed by atoms with Gasteiger partial charge in [-0.25, -0.2) is 13.2 Å². The first-order valence-electron chi connectivity index (χ1n) is 8.96. The molecule has 26 heavy (non-hydrogen) atoms. The Balaban J connectivity index is 1.93. The molecule has 0 bridgehead atoms. The number of carboxylic acid groups (broad SMARTS) is 1. The summed E-state index contributed by atoms with van der Waals surface area (Å²) in [6, 6.07) is 5.68. The minimum atomic E-state index is -3.45. The largest absolute Gasteiger partial charge is 0.480 e. The molecule has 0 aromatic heterocycles. The number of carboxylic acids is 1. The van der Waals surface area contributed by atoms with Crippen molar-refractivity contribution in [3.63, 3.8) is 0 Å². The Morgan fingerprint density at radius 2 is 1.77 bits per heavy atom. The molecular formula is C18H26N2O5S. The Kier molecular flexibility index (Phi) is 7.16. The van der Waals surface area contributed by atoms with Crippen molar-refractivity contribution in [2.45, 2.75) is 56.4 Å². The third-order valence-corrected chi connectivity index (χ3v) is 6.47. The zero-order valence-electron chi connectivity index (χ0n) is 15.0. The van der Waals surface area contributed by atoms with Gasteiger partial charge < -0.3 is 10.4 Å². The van der Waals surface area contributed by atoms with Crippen molar-refractivity contribution < 1.29 is 23.1 Å². The van der Waals surface area contributed by atoms with Crippen molar-refractivity contribution in [1.82, 2.24) is 9.62 Å². The average molecular weight is 382 g/mol. The molecule has 1 saturated heterocycles. The highest BCUT2D eigenvalue weighted by molar-refractivity contribution is 7.89. The molecule has 0 spiro atoms. The van der Waals surface area contributed by atoms with Crippen molar-refractivity contribution in [2.24, 2.45) is 0 Å². The average Bonchev–Trinajstić information content (AvgIpc) is 2.65. The van der Waals surface area contributed by atoms with Gasteiger partial charge in [0.2, 0.25) is 15.9 Å². The van der Waals surface area contributed by atoms with Gasteiger partial charge in [0.15, 0.2) is 0 Å². The highest BCUT2D eigenvalue weighted by Gasteiger charge is 2.25. The molecule has 0 radical (unpaired) electrons. The van der Waals surface area contributed by atoms with Gasteiger partial charge in [-0.3, -0.25) is 4.79 Å². The number of sulfonamides is 1. The molecule has 1 fully saturated rings. The van der Waals surface area contributed by atoms with Crippen molar-refractivity contribution in [3.05, 3.63) is 29.8 Å². The first-order valence-corrected chi connectivity index (χ1v) is 10.4. The van der Waals surface area contributed by atoms with Crippen LogP contribution in [0.3, 0.4) is 0 Å². The predicted molar refractivity (Wildman–Crippen MR) is 97.2 cm³/mol. The van der Waals surface area contributed by atoms with E-state index in [0.717, 1.165) is 24.8 Å². The van der Waals surface area contributed by atoms with Gasteiger partial charge in [-0.1, -0.05) is 25.5 Å². The maximum absolute atomic E-state index is 12.6. The Hall–Kier alpha value is -1.93. The molecule has 2 N–H and O–H groups in total. The second-order valence-corrected chi connectivity index (χ2v) is 8.41. The third kappa shape index (κ3) is 5.28. The summed E-state index contributed by atoms with van der Waals surface area (Å²) in [4.78, 5) is 23.0. The predicted octanol–water partition coefficient (Wildman–Crippen LogP) is 1.77. The van der Waals surface area contributed by atoms with Crippen LogP contribution in [0.15, 0.2) is 29.2 Å². The first kappa shape index (κ1) is 20.4. The quantitative estimate of drug-likeness (QED) is 0.713. The number of carbonyl (C=O) groups is 2. The smallest absolute Gasteiger partial charge is 0.326 e. The summed E-state index contributed by atoms with van der Waals surface area (Å²) in [5, 5.41) is 11.4. The van der Waals surface area contributed by atoms with E-state index >= 15 is 0 Å². The standard InChI is InChI=1S/C18H26N2O5S/c1-2-16(18(22)23)19-17(21)11-8-14-6-9-15(10-7-14)26(24,25)20-12-4-3-5-13-20/h6-7,9-10,16H,2-5,8,11-13H2,1H3,(H,19,21)(H,22,23). The fourth-order valence-electron chi connectivity index (χ4n) is 2.95. The number of hydrogen-bond acceptors (Lipinski definition) is 4. The SMILES string of the molecule is CCC(NC(=O)CCc1ccc(S(=O)(=O)N2CCCCC2)cc1)C(=O)O. The van der Waals surface area contributed by atoms with Crippen LogP contribution in [0.4, 0.5) is 0 Å². The van der Waals surface area contributed by atoms with Crippen molar-refractivity contribution in [2.75, 3.05) is 13.1 Å². The zero-order valence-corrected chi connectivity index (χ0v) is 15.8. The lowest BCUT2D eigenvalue weighted by atomic mass is 10.1. The van der Waals surface area contributed by atoms with E-state index in [2.05, 4.69) is 5.32 Å². The van der Waals surface area contributed by atoms with Gasteiger partial charge in [0.05, 0.1) is 4.90 Å². The summed E-state index contributed by atoms with van der Waals surface area (Å²) in [7, 11) is -3.45. The lowest BCUT2D eigenvalue weighted by Gasteiger charge is -2.25. The Morgan fingerprint density at radius 3 is 2.31 bits per heavy atom. The number of hydrogen-bond donors (Lipinski definition) is 2. The number of nitrogens with zero attached hydrogens (tertiary/aromatic N) is 1. The number of aliphatic carboxylic acids is 1.